The lowest BCUT2D eigenvalue weighted by Gasteiger charge is -2.10. The Kier molecular flexibility index (Phi) is 4.74. The van der Waals surface area contributed by atoms with Gasteiger partial charge in [0.05, 0.1) is 19.1 Å². The van der Waals surface area contributed by atoms with Crippen molar-refractivity contribution in [3.05, 3.63) is 26.6 Å². The van der Waals surface area contributed by atoms with Gasteiger partial charge in [-0.15, -0.1) is 0 Å². The van der Waals surface area contributed by atoms with E-state index in [9.17, 15) is 13.6 Å². The number of esters is 1. The lowest BCUT2D eigenvalue weighted by Crippen LogP contribution is -2.10. The van der Waals surface area contributed by atoms with Crippen LogP contribution in [0.2, 0.25) is 0 Å². The maximum atomic E-state index is 12.9. The van der Waals surface area contributed by atoms with Crippen LogP contribution in [0.5, 0.6) is 0 Å². The highest BCUT2D eigenvalue weighted by molar-refractivity contribution is 14.1. The van der Waals surface area contributed by atoms with Crippen LogP contribution in [0.15, 0.2) is 6.20 Å². The molecule has 0 saturated carbocycles. The number of pyridine rings is 1. The average Bonchev–Trinajstić information content (AvgIpc) is 2.30. The van der Waals surface area contributed by atoms with Gasteiger partial charge in [-0.2, -0.15) is 5.26 Å². The molecule has 0 fully saturated rings. The van der Waals surface area contributed by atoms with Crippen molar-refractivity contribution in [2.24, 2.45) is 0 Å². The molecule has 0 unspecified atom stereocenters. The van der Waals surface area contributed by atoms with Crippen molar-refractivity contribution in [2.75, 3.05) is 7.11 Å². The van der Waals surface area contributed by atoms with Crippen molar-refractivity contribution >= 4 is 28.6 Å². The van der Waals surface area contributed by atoms with Gasteiger partial charge >= 0.3 is 5.97 Å². The molecule has 0 aromatic carbocycles. The second-order valence-electron chi connectivity index (χ2n) is 3.03. The molecule has 1 aromatic heterocycles. The largest absolute Gasteiger partial charge is 0.469 e. The number of aromatic nitrogens is 1. The Hall–Kier alpha value is -1.30. The number of hydrogen-bond acceptors (Lipinski definition) is 4. The van der Waals surface area contributed by atoms with Crippen molar-refractivity contribution in [1.82, 2.24) is 4.98 Å². The quantitative estimate of drug-likeness (QED) is 0.475. The van der Waals surface area contributed by atoms with E-state index in [-0.39, 0.29) is 21.2 Å². The van der Waals surface area contributed by atoms with E-state index in [0.717, 1.165) is 7.11 Å². The van der Waals surface area contributed by atoms with Crippen LogP contribution >= 0.6 is 22.6 Å². The first kappa shape index (κ1) is 13.8. The van der Waals surface area contributed by atoms with Crippen LogP contribution < -0.4 is 0 Å². The summed E-state index contributed by atoms with van der Waals surface area (Å²) in [6.07, 6.45) is -1.99. The number of carbonyl (C=O) groups excluding carboxylic acids is 1. The Morgan fingerprint density at radius 3 is 2.82 bits per heavy atom. The monoisotopic (exact) mass is 352 g/mol. The third-order valence-corrected chi connectivity index (χ3v) is 2.87. The molecule has 0 atom stereocenters. The molecular weight excluding hydrogens is 345 g/mol. The number of ether oxygens (including phenoxy) is 1. The van der Waals surface area contributed by atoms with Gasteiger partial charge in [0.1, 0.15) is 9.77 Å². The number of hydrogen-bond donors (Lipinski definition) is 0. The van der Waals surface area contributed by atoms with Crippen molar-refractivity contribution in [3.8, 4) is 6.07 Å². The third kappa shape index (κ3) is 3.09. The van der Waals surface area contributed by atoms with Gasteiger partial charge in [-0.3, -0.25) is 4.79 Å². The molecule has 0 saturated heterocycles. The van der Waals surface area contributed by atoms with Gasteiger partial charge in [0.25, 0.3) is 6.43 Å². The van der Waals surface area contributed by atoms with Crippen molar-refractivity contribution in [3.63, 3.8) is 0 Å². The van der Waals surface area contributed by atoms with Gasteiger partial charge in [-0.05, 0) is 28.2 Å². The lowest BCUT2D eigenvalue weighted by atomic mass is 10.0. The van der Waals surface area contributed by atoms with E-state index in [2.05, 4.69) is 9.72 Å². The summed E-state index contributed by atoms with van der Waals surface area (Å²) >= 11 is 1.70. The predicted octanol–water partition coefficient (Wildman–Crippen LogP) is 2.21. The van der Waals surface area contributed by atoms with E-state index in [4.69, 9.17) is 5.26 Å². The fraction of sp³-hybridized carbons (Fsp3) is 0.300. The predicted molar refractivity (Wildman–Crippen MR) is 62.3 cm³/mol. The molecule has 0 N–H and O–H groups in total. The molecule has 0 spiro atoms. The number of methoxy groups -OCH3 is 1. The van der Waals surface area contributed by atoms with Crippen LogP contribution in [0, 0.1) is 15.0 Å². The van der Waals surface area contributed by atoms with Gasteiger partial charge in [-0.25, -0.2) is 13.8 Å². The SMILES string of the molecule is COC(=O)Cc1cnc(I)c(C#N)c1C(F)F. The lowest BCUT2D eigenvalue weighted by molar-refractivity contribution is -0.139. The topological polar surface area (TPSA) is 63.0 Å². The second kappa shape index (κ2) is 5.86. The Morgan fingerprint density at radius 1 is 1.71 bits per heavy atom. The third-order valence-electron chi connectivity index (χ3n) is 2.05. The van der Waals surface area contributed by atoms with E-state index in [1.165, 1.54) is 6.20 Å². The number of halogens is 3. The van der Waals surface area contributed by atoms with Crippen molar-refractivity contribution < 1.29 is 18.3 Å². The van der Waals surface area contributed by atoms with E-state index in [1.807, 2.05) is 0 Å². The molecule has 0 aliphatic carbocycles. The van der Waals surface area contributed by atoms with E-state index in [0.29, 0.717) is 0 Å². The fourth-order valence-electron chi connectivity index (χ4n) is 1.26. The standard InChI is InChI=1S/C10H7F2IN2O2/c1-17-7(16)2-5-4-15-10(13)6(3-14)8(5)9(11)12/h4,9H,2H2,1H3. The van der Waals surface area contributed by atoms with Crippen molar-refractivity contribution in [1.29, 1.82) is 5.26 Å². The molecule has 0 radical (unpaired) electrons. The highest BCUT2D eigenvalue weighted by atomic mass is 127. The Balaban J connectivity index is 3.31. The zero-order valence-corrected chi connectivity index (χ0v) is 10.9. The summed E-state index contributed by atoms with van der Waals surface area (Å²) in [6.45, 7) is 0. The Labute approximate surface area is 110 Å². The zero-order valence-electron chi connectivity index (χ0n) is 8.71. The fourth-order valence-corrected chi connectivity index (χ4v) is 1.81. The number of nitrogens with zero attached hydrogens (tertiary/aromatic N) is 2. The number of rotatable bonds is 3. The molecule has 90 valence electrons. The molecule has 1 rings (SSSR count). The minimum absolute atomic E-state index is 0.0174. The molecule has 17 heavy (non-hydrogen) atoms. The van der Waals surface area contributed by atoms with Gasteiger partial charge in [-0.1, -0.05) is 0 Å². The summed E-state index contributed by atoms with van der Waals surface area (Å²) in [5.41, 5.74) is -0.622. The summed E-state index contributed by atoms with van der Waals surface area (Å²) in [7, 11) is 1.16. The number of carbonyl (C=O) groups is 1. The van der Waals surface area contributed by atoms with E-state index < -0.39 is 18.0 Å². The van der Waals surface area contributed by atoms with Crippen LogP contribution in [0.1, 0.15) is 23.1 Å². The summed E-state index contributed by atoms with van der Waals surface area (Å²) in [6, 6.07) is 1.67. The Bertz CT molecular complexity index is 486. The molecule has 1 aromatic rings. The van der Waals surface area contributed by atoms with Crippen LogP contribution in [0.4, 0.5) is 8.78 Å². The molecule has 7 heteroatoms. The van der Waals surface area contributed by atoms with Crippen LogP contribution in [-0.4, -0.2) is 18.1 Å². The zero-order chi connectivity index (χ0) is 13.0. The van der Waals surface area contributed by atoms with Gasteiger partial charge in [0.2, 0.25) is 0 Å². The van der Waals surface area contributed by atoms with E-state index in [1.54, 1.807) is 28.7 Å². The number of alkyl halides is 2. The van der Waals surface area contributed by atoms with E-state index >= 15 is 0 Å². The van der Waals surface area contributed by atoms with Crippen LogP contribution in [-0.2, 0) is 16.0 Å². The molecular formula is C10H7F2IN2O2. The molecule has 4 nitrogen and oxygen atoms in total. The first-order valence-corrected chi connectivity index (χ1v) is 5.51. The molecule has 0 aliphatic rings. The molecule has 0 aliphatic heterocycles. The average molecular weight is 352 g/mol. The highest BCUT2D eigenvalue weighted by Gasteiger charge is 2.22. The second-order valence-corrected chi connectivity index (χ2v) is 4.05. The maximum Gasteiger partial charge on any atom is 0.310 e. The Morgan fingerprint density at radius 2 is 2.35 bits per heavy atom. The summed E-state index contributed by atoms with van der Waals surface area (Å²) < 4.78 is 30.3. The minimum Gasteiger partial charge on any atom is -0.469 e. The molecule has 1 heterocycles. The highest BCUT2D eigenvalue weighted by Crippen LogP contribution is 2.28. The first-order chi connectivity index (χ1) is 8.01. The van der Waals surface area contributed by atoms with Gasteiger partial charge in [0, 0.05) is 11.8 Å². The van der Waals surface area contributed by atoms with Crippen molar-refractivity contribution in [2.45, 2.75) is 12.8 Å². The molecule has 0 amide bonds. The summed E-state index contributed by atoms with van der Waals surface area (Å²) in [5, 5.41) is 8.82. The maximum absolute atomic E-state index is 12.9. The molecule has 0 bridgehead atoms. The normalized spacial score (nSPS) is 10.1. The summed E-state index contributed by atoms with van der Waals surface area (Å²) in [5.74, 6) is -0.654. The van der Waals surface area contributed by atoms with Gasteiger partial charge < -0.3 is 4.74 Å². The van der Waals surface area contributed by atoms with Crippen LogP contribution in [0.3, 0.4) is 0 Å². The summed E-state index contributed by atoms with van der Waals surface area (Å²) in [4.78, 5) is 14.9. The van der Waals surface area contributed by atoms with Gasteiger partial charge in [0.15, 0.2) is 0 Å². The minimum atomic E-state index is -2.83. The van der Waals surface area contributed by atoms with Crippen LogP contribution in [0.25, 0.3) is 0 Å². The smallest absolute Gasteiger partial charge is 0.310 e. The number of nitriles is 1. The first-order valence-electron chi connectivity index (χ1n) is 4.43.